The van der Waals surface area contributed by atoms with Crippen molar-refractivity contribution in [2.45, 2.75) is 45.6 Å². The lowest BCUT2D eigenvalue weighted by molar-refractivity contribution is 0.164. The maximum Gasteiger partial charge on any atom is 0.0610 e. The third-order valence-electron chi connectivity index (χ3n) is 3.90. The lowest BCUT2D eigenvalue weighted by Gasteiger charge is -2.30. The van der Waals surface area contributed by atoms with Crippen molar-refractivity contribution < 1.29 is 5.11 Å². The summed E-state index contributed by atoms with van der Waals surface area (Å²) >= 11 is 0. The number of aryl methyl sites for hydroxylation is 1. The molecule has 0 amide bonds. The molecule has 1 unspecified atom stereocenters. The van der Waals surface area contributed by atoms with Crippen molar-refractivity contribution in [2.24, 2.45) is 0 Å². The van der Waals surface area contributed by atoms with Crippen molar-refractivity contribution in [1.82, 2.24) is 5.32 Å². The number of aliphatic hydroxyl groups excluding tert-OH is 1. The van der Waals surface area contributed by atoms with E-state index in [9.17, 15) is 5.11 Å². The van der Waals surface area contributed by atoms with Crippen molar-refractivity contribution in [1.29, 1.82) is 0 Å². The van der Waals surface area contributed by atoms with Crippen LogP contribution < -0.4 is 10.2 Å². The maximum absolute atomic E-state index is 9.56. The van der Waals surface area contributed by atoms with E-state index < -0.39 is 0 Å². The molecule has 1 rings (SSSR count). The fourth-order valence-corrected chi connectivity index (χ4v) is 2.47. The second kappa shape index (κ2) is 8.28. The van der Waals surface area contributed by atoms with Crippen molar-refractivity contribution in [3.8, 4) is 0 Å². The molecule has 0 spiro atoms. The zero-order valence-corrected chi connectivity index (χ0v) is 13.4. The fourth-order valence-electron chi connectivity index (χ4n) is 2.47. The number of nitrogens with one attached hydrogen (secondary N) is 1. The number of nitrogens with zero attached hydrogens (tertiary/aromatic N) is 1. The van der Waals surface area contributed by atoms with Gasteiger partial charge < -0.3 is 15.3 Å². The number of hydrogen-bond donors (Lipinski definition) is 2. The highest BCUT2D eigenvalue weighted by molar-refractivity contribution is 5.52. The highest BCUT2D eigenvalue weighted by atomic mass is 16.3. The van der Waals surface area contributed by atoms with E-state index >= 15 is 0 Å². The molecule has 20 heavy (non-hydrogen) atoms. The second-order valence-electron chi connectivity index (χ2n) is 5.96. The smallest absolute Gasteiger partial charge is 0.0610 e. The predicted molar refractivity (Wildman–Crippen MR) is 87.5 cm³/mol. The second-order valence-corrected chi connectivity index (χ2v) is 5.96. The van der Waals surface area contributed by atoms with Gasteiger partial charge in [-0.15, -0.1) is 0 Å². The molecule has 0 saturated carbocycles. The van der Waals surface area contributed by atoms with Crippen LogP contribution >= 0.6 is 0 Å². The van der Waals surface area contributed by atoms with Gasteiger partial charge in [0.15, 0.2) is 0 Å². The summed E-state index contributed by atoms with van der Waals surface area (Å²) < 4.78 is 0. The third kappa shape index (κ3) is 5.14. The van der Waals surface area contributed by atoms with Gasteiger partial charge in [0, 0.05) is 24.8 Å². The number of rotatable bonds is 9. The Balaban J connectivity index is 2.45. The van der Waals surface area contributed by atoms with E-state index in [1.54, 1.807) is 0 Å². The number of anilines is 1. The van der Waals surface area contributed by atoms with Crippen LogP contribution in [0.25, 0.3) is 0 Å². The molecule has 1 atom stereocenters. The van der Waals surface area contributed by atoms with Gasteiger partial charge >= 0.3 is 0 Å². The van der Waals surface area contributed by atoms with E-state index in [2.05, 4.69) is 62.3 Å². The van der Waals surface area contributed by atoms with Crippen molar-refractivity contribution >= 4 is 5.69 Å². The van der Waals surface area contributed by atoms with E-state index in [-0.39, 0.29) is 12.1 Å². The van der Waals surface area contributed by atoms with Gasteiger partial charge in [0.2, 0.25) is 0 Å². The average Bonchev–Trinajstić information content (AvgIpc) is 2.45. The fraction of sp³-hybridized carbons (Fsp3) is 0.647. The summed E-state index contributed by atoms with van der Waals surface area (Å²) in [6.45, 7) is 8.57. The molecule has 3 nitrogen and oxygen atoms in total. The standard InChI is InChI=1S/C17H30N2O/c1-5-12-18-17(3,14-20)11-8-13-19(4)16-10-7-6-9-15(16)2/h6-7,9-10,18,20H,5,8,11-14H2,1-4H3. The Labute approximate surface area is 124 Å². The molecular formula is C17H30N2O. The summed E-state index contributed by atoms with van der Waals surface area (Å²) in [5, 5.41) is 13.0. The first-order valence-corrected chi connectivity index (χ1v) is 7.65. The summed E-state index contributed by atoms with van der Waals surface area (Å²) in [6, 6.07) is 8.46. The molecular weight excluding hydrogens is 248 g/mol. The largest absolute Gasteiger partial charge is 0.394 e. The molecule has 0 aliphatic carbocycles. The SMILES string of the molecule is CCCNC(C)(CO)CCCN(C)c1ccccc1C. The molecule has 0 aliphatic heterocycles. The van der Waals surface area contributed by atoms with Crippen LogP contribution in [0.5, 0.6) is 0 Å². The summed E-state index contributed by atoms with van der Waals surface area (Å²) in [5.41, 5.74) is 2.45. The van der Waals surface area contributed by atoms with E-state index in [0.29, 0.717) is 0 Å². The van der Waals surface area contributed by atoms with Crippen LogP contribution in [0, 0.1) is 6.92 Å². The van der Waals surface area contributed by atoms with Gasteiger partial charge in [0.25, 0.3) is 0 Å². The summed E-state index contributed by atoms with van der Waals surface area (Å²) in [6.07, 6.45) is 3.15. The first-order valence-electron chi connectivity index (χ1n) is 7.65. The normalized spacial score (nSPS) is 14.1. The van der Waals surface area contributed by atoms with E-state index in [1.165, 1.54) is 11.3 Å². The summed E-state index contributed by atoms with van der Waals surface area (Å²) in [7, 11) is 2.14. The Bertz CT molecular complexity index is 394. The van der Waals surface area contributed by atoms with Crippen LogP contribution in [0.15, 0.2) is 24.3 Å². The minimum absolute atomic E-state index is 0.150. The van der Waals surface area contributed by atoms with Gasteiger partial charge in [0.05, 0.1) is 6.61 Å². The molecule has 1 aromatic rings. The Hall–Kier alpha value is -1.06. The van der Waals surface area contributed by atoms with Crippen LogP contribution in [-0.2, 0) is 0 Å². The van der Waals surface area contributed by atoms with Gasteiger partial charge in [-0.1, -0.05) is 25.1 Å². The van der Waals surface area contributed by atoms with Gasteiger partial charge in [-0.25, -0.2) is 0 Å². The van der Waals surface area contributed by atoms with Crippen LogP contribution in [0.2, 0.25) is 0 Å². The monoisotopic (exact) mass is 278 g/mol. The van der Waals surface area contributed by atoms with Gasteiger partial charge in [-0.05, 0) is 51.3 Å². The van der Waals surface area contributed by atoms with Gasteiger partial charge in [-0.2, -0.15) is 0 Å². The van der Waals surface area contributed by atoms with E-state index in [1.807, 2.05) is 0 Å². The first-order chi connectivity index (χ1) is 9.52. The first kappa shape index (κ1) is 17.0. The molecule has 0 aliphatic rings. The topological polar surface area (TPSA) is 35.5 Å². The van der Waals surface area contributed by atoms with Gasteiger partial charge in [-0.3, -0.25) is 0 Å². The molecule has 0 heterocycles. The number of benzene rings is 1. The average molecular weight is 278 g/mol. The molecule has 1 aromatic carbocycles. The van der Waals surface area contributed by atoms with Crippen molar-refractivity contribution in [2.75, 3.05) is 31.6 Å². The Kier molecular flexibility index (Phi) is 7.03. The van der Waals surface area contributed by atoms with Gasteiger partial charge in [0.1, 0.15) is 0 Å². The summed E-state index contributed by atoms with van der Waals surface area (Å²) in [4.78, 5) is 2.30. The molecule has 0 bridgehead atoms. The maximum atomic E-state index is 9.56. The number of aliphatic hydroxyl groups is 1. The Morgan fingerprint density at radius 2 is 2.00 bits per heavy atom. The van der Waals surface area contributed by atoms with Crippen LogP contribution in [0.4, 0.5) is 5.69 Å². The molecule has 3 heteroatoms. The van der Waals surface area contributed by atoms with Crippen molar-refractivity contribution in [3.63, 3.8) is 0 Å². The van der Waals surface area contributed by atoms with Crippen LogP contribution in [0.1, 0.15) is 38.7 Å². The predicted octanol–water partition coefficient (Wildman–Crippen LogP) is 2.96. The quantitative estimate of drug-likeness (QED) is 0.729. The Morgan fingerprint density at radius 3 is 2.60 bits per heavy atom. The lowest BCUT2D eigenvalue weighted by atomic mass is 9.96. The minimum Gasteiger partial charge on any atom is -0.394 e. The van der Waals surface area contributed by atoms with Crippen LogP contribution in [-0.4, -0.2) is 37.4 Å². The highest BCUT2D eigenvalue weighted by Crippen LogP contribution is 2.19. The molecule has 0 saturated heterocycles. The van der Waals surface area contributed by atoms with Crippen LogP contribution in [0.3, 0.4) is 0 Å². The minimum atomic E-state index is -0.150. The molecule has 0 aromatic heterocycles. The van der Waals surface area contributed by atoms with E-state index in [0.717, 1.165) is 32.4 Å². The number of para-hydroxylation sites is 1. The summed E-state index contributed by atoms with van der Waals surface area (Å²) in [5.74, 6) is 0. The molecule has 0 fully saturated rings. The molecule has 114 valence electrons. The zero-order chi connectivity index (χ0) is 15.0. The van der Waals surface area contributed by atoms with Crippen molar-refractivity contribution in [3.05, 3.63) is 29.8 Å². The lowest BCUT2D eigenvalue weighted by Crippen LogP contribution is -2.46. The Morgan fingerprint density at radius 1 is 1.30 bits per heavy atom. The zero-order valence-electron chi connectivity index (χ0n) is 13.4. The van der Waals surface area contributed by atoms with E-state index in [4.69, 9.17) is 0 Å². The third-order valence-corrected chi connectivity index (χ3v) is 3.90. The highest BCUT2D eigenvalue weighted by Gasteiger charge is 2.21. The number of hydrogen-bond acceptors (Lipinski definition) is 3. The molecule has 2 N–H and O–H groups in total. The molecule has 0 radical (unpaired) electrons.